The molecular formula is C13H14N8. The van der Waals surface area contributed by atoms with Crippen LogP contribution in [0.3, 0.4) is 0 Å². The van der Waals surface area contributed by atoms with Gasteiger partial charge in [-0.3, -0.25) is 9.55 Å². The Kier molecular flexibility index (Phi) is 3.68. The predicted octanol–water partition coefficient (Wildman–Crippen LogP) is 1.11. The van der Waals surface area contributed by atoms with Crippen LogP contribution in [0.15, 0.2) is 43.2 Å². The van der Waals surface area contributed by atoms with Crippen LogP contribution in [0.1, 0.15) is 5.56 Å². The Morgan fingerprint density at radius 3 is 2.52 bits per heavy atom. The lowest BCUT2D eigenvalue weighted by atomic mass is 10.3. The van der Waals surface area contributed by atoms with E-state index >= 15 is 0 Å². The molecule has 0 atom stereocenters. The maximum atomic E-state index is 4.37. The van der Waals surface area contributed by atoms with E-state index in [0.717, 1.165) is 5.56 Å². The molecule has 106 valence electrons. The van der Waals surface area contributed by atoms with E-state index in [2.05, 4.69) is 35.6 Å². The molecule has 8 heteroatoms. The lowest BCUT2D eigenvalue weighted by molar-refractivity contribution is 0.891. The first-order valence-electron chi connectivity index (χ1n) is 6.40. The van der Waals surface area contributed by atoms with Crippen molar-refractivity contribution in [3.63, 3.8) is 0 Å². The zero-order valence-corrected chi connectivity index (χ0v) is 11.4. The number of pyridine rings is 1. The average molecular weight is 282 g/mol. The van der Waals surface area contributed by atoms with Crippen LogP contribution in [0, 0.1) is 0 Å². The maximum Gasteiger partial charge on any atom is 0.241 e. The summed E-state index contributed by atoms with van der Waals surface area (Å²) in [5, 5.41) is 6.10. The van der Waals surface area contributed by atoms with Crippen molar-refractivity contribution in [3.05, 3.63) is 48.8 Å². The van der Waals surface area contributed by atoms with Crippen molar-refractivity contribution in [2.24, 2.45) is 0 Å². The quantitative estimate of drug-likeness (QED) is 0.723. The highest BCUT2D eigenvalue weighted by atomic mass is 15.3. The third-order valence-electron chi connectivity index (χ3n) is 2.78. The minimum absolute atomic E-state index is 0.492. The molecule has 0 spiro atoms. The molecule has 0 fully saturated rings. The van der Waals surface area contributed by atoms with Crippen molar-refractivity contribution in [2.75, 3.05) is 17.7 Å². The highest BCUT2D eigenvalue weighted by molar-refractivity contribution is 5.38. The second-order valence-electron chi connectivity index (χ2n) is 4.21. The number of rotatable bonds is 5. The van der Waals surface area contributed by atoms with Crippen LogP contribution in [0.4, 0.5) is 11.9 Å². The summed E-state index contributed by atoms with van der Waals surface area (Å²) >= 11 is 0. The SMILES string of the molecule is CNc1nc(NCc2ccncc2)nc(-n2ccnc2)n1. The van der Waals surface area contributed by atoms with Crippen LogP contribution in [0.5, 0.6) is 0 Å². The van der Waals surface area contributed by atoms with Crippen LogP contribution in [0.2, 0.25) is 0 Å². The number of aromatic nitrogens is 6. The number of anilines is 2. The molecule has 8 nitrogen and oxygen atoms in total. The van der Waals surface area contributed by atoms with E-state index in [1.165, 1.54) is 0 Å². The van der Waals surface area contributed by atoms with Gasteiger partial charge in [0.2, 0.25) is 17.8 Å². The van der Waals surface area contributed by atoms with Crippen LogP contribution < -0.4 is 10.6 Å². The molecule has 0 bridgehead atoms. The highest BCUT2D eigenvalue weighted by Gasteiger charge is 2.07. The standard InChI is InChI=1S/C13H14N8/c1-14-11-18-12(17-8-10-2-4-15-5-3-10)20-13(19-11)21-7-6-16-9-21/h2-7,9H,8H2,1H3,(H2,14,17,18,19,20). The van der Waals surface area contributed by atoms with Gasteiger partial charge in [0.15, 0.2) is 0 Å². The molecule has 0 aromatic carbocycles. The summed E-state index contributed by atoms with van der Waals surface area (Å²) in [5.74, 6) is 1.49. The summed E-state index contributed by atoms with van der Waals surface area (Å²) in [7, 11) is 1.76. The number of nitrogens with one attached hydrogen (secondary N) is 2. The molecule has 0 radical (unpaired) electrons. The van der Waals surface area contributed by atoms with Gasteiger partial charge in [0.25, 0.3) is 0 Å². The molecule has 2 N–H and O–H groups in total. The molecular weight excluding hydrogens is 268 g/mol. The first-order valence-corrected chi connectivity index (χ1v) is 6.40. The van der Waals surface area contributed by atoms with Crippen LogP contribution in [0.25, 0.3) is 5.95 Å². The maximum absolute atomic E-state index is 4.37. The normalized spacial score (nSPS) is 10.3. The smallest absolute Gasteiger partial charge is 0.241 e. The molecule has 21 heavy (non-hydrogen) atoms. The fourth-order valence-electron chi connectivity index (χ4n) is 1.73. The van der Waals surface area contributed by atoms with Gasteiger partial charge in [-0.25, -0.2) is 4.98 Å². The second-order valence-corrected chi connectivity index (χ2v) is 4.21. The van der Waals surface area contributed by atoms with Gasteiger partial charge in [0, 0.05) is 38.4 Å². The highest BCUT2D eigenvalue weighted by Crippen LogP contribution is 2.10. The molecule has 3 heterocycles. The molecule has 0 aliphatic carbocycles. The van der Waals surface area contributed by atoms with E-state index in [9.17, 15) is 0 Å². The van der Waals surface area contributed by atoms with Gasteiger partial charge >= 0.3 is 0 Å². The van der Waals surface area contributed by atoms with Crippen molar-refractivity contribution < 1.29 is 0 Å². The summed E-state index contributed by atoms with van der Waals surface area (Å²) < 4.78 is 1.72. The zero-order valence-electron chi connectivity index (χ0n) is 11.4. The summed E-state index contributed by atoms with van der Waals surface area (Å²) in [6, 6.07) is 3.87. The Morgan fingerprint density at radius 1 is 1.00 bits per heavy atom. The fourth-order valence-corrected chi connectivity index (χ4v) is 1.73. The van der Waals surface area contributed by atoms with Crippen LogP contribution >= 0.6 is 0 Å². The molecule has 0 amide bonds. The molecule has 3 rings (SSSR count). The van der Waals surface area contributed by atoms with Gasteiger partial charge in [0.05, 0.1) is 0 Å². The summed E-state index contributed by atoms with van der Waals surface area (Å²) in [6.45, 7) is 0.610. The van der Waals surface area contributed by atoms with Gasteiger partial charge in [-0.1, -0.05) is 0 Å². The van der Waals surface area contributed by atoms with Crippen molar-refractivity contribution in [3.8, 4) is 5.95 Å². The van der Waals surface area contributed by atoms with E-state index < -0.39 is 0 Å². The first kappa shape index (κ1) is 13.0. The number of hydrogen-bond acceptors (Lipinski definition) is 7. The predicted molar refractivity (Wildman–Crippen MR) is 78.1 cm³/mol. The second kappa shape index (κ2) is 5.95. The van der Waals surface area contributed by atoms with Gasteiger partial charge < -0.3 is 10.6 Å². The summed E-state index contributed by atoms with van der Waals surface area (Å²) in [6.07, 6.45) is 8.59. The topological polar surface area (TPSA) is 93.4 Å². The van der Waals surface area contributed by atoms with Crippen molar-refractivity contribution in [1.82, 2.24) is 29.5 Å². The summed E-state index contributed by atoms with van der Waals surface area (Å²) in [4.78, 5) is 20.9. The molecule has 0 saturated heterocycles. The Morgan fingerprint density at radius 2 is 1.81 bits per heavy atom. The van der Waals surface area contributed by atoms with Crippen LogP contribution in [-0.4, -0.2) is 36.5 Å². The Bertz CT molecular complexity index is 695. The number of hydrogen-bond donors (Lipinski definition) is 2. The van der Waals surface area contributed by atoms with E-state index in [0.29, 0.717) is 24.4 Å². The van der Waals surface area contributed by atoms with Gasteiger partial charge in [0.1, 0.15) is 6.33 Å². The Hall–Kier alpha value is -3.03. The lowest BCUT2D eigenvalue weighted by Crippen LogP contribution is -2.10. The molecule has 3 aromatic heterocycles. The minimum Gasteiger partial charge on any atom is -0.357 e. The van der Waals surface area contributed by atoms with E-state index in [-0.39, 0.29) is 0 Å². The average Bonchev–Trinajstić information content (AvgIpc) is 3.08. The van der Waals surface area contributed by atoms with E-state index in [4.69, 9.17) is 0 Å². The Balaban J connectivity index is 1.83. The van der Waals surface area contributed by atoms with Gasteiger partial charge in [-0.05, 0) is 17.7 Å². The minimum atomic E-state index is 0.492. The van der Waals surface area contributed by atoms with E-state index in [1.54, 1.807) is 42.7 Å². The first-order chi connectivity index (χ1) is 10.3. The van der Waals surface area contributed by atoms with Crippen molar-refractivity contribution >= 4 is 11.9 Å². The molecule has 0 saturated carbocycles. The Labute approximate surface area is 121 Å². The monoisotopic (exact) mass is 282 g/mol. The van der Waals surface area contributed by atoms with Crippen LogP contribution in [-0.2, 0) is 6.54 Å². The lowest BCUT2D eigenvalue weighted by Gasteiger charge is -2.08. The van der Waals surface area contributed by atoms with Crippen molar-refractivity contribution in [1.29, 1.82) is 0 Å². The van der Waals surface area contributed by atoms with E-state index in [1.807, 2.05) is 12.1 Å². The summed E-state index contributed by atoms with van der Waals surface area (Å²) in [5.41, 5.74) is 1.10. The fraction of sp³-hybridized carbons (Fsp3) is 0.154. The molecule has 3 aromatic rings. The third kappa shape index (κ3) is 3.11. The molecule has 0 unspecified atom stereocenters. The number of nitrogens with zero attached hydrogens (tertiary/aromatic N) is 6. The third-order valence-corrected chi connectivity index (χ3v) is 2.78. The van der Waals surface area contributed by atoms with Gasteiger partial charge in [-0.15, -0.1) is 0 Å². The molecule has 0 aliphatic heterocycles. The van der Waals surface area contributed by atoms with Crippen molar-refractivity contribution in [2.45, 2.75) is 6.54 Å². The largest absolute Gasteiger partial charge is 0.357 e. The van der Waals surface area contributed by atoms with Gasteiger partial charge in [-0.2, -0.15) is 15.0 Å². The molecule has 0 aliphatic rings. The number of imidazole rings is 1. The zero-order chi connectivity index (χ0) is 14.5.